The number of hydrogen-bond donors (Lipinski definition) is 1. The predicted octanol–water partition coefficient (Wildman–Crippen LogP) is 2.27. The van der Waals surface area contributed by atoms with Gasteiger partial charge in [-0.3, -0.25) is 4.21 Å². The van der Waals surface area contributed by atoms with Gasteiger partial charge in [0.2, 0.25) is 0 Å². The van der Waals surface area contributed by atoms with Gasteiger partial charge in [0, 0.05) is 27.8 Å². The molecular formula is C15H23NO3S. The second kappa shape index (κ2) is 7.09. The lowest BCUT2D eigenvalue weighted by molar-refractivity contribution is 0.171. The monoisotopic (exact) mass is 297 g/mol. The molecule has 1 aromatic carbocycles. The SMILES string of the molecule is CCNC(CS(=O)C(C)C)c1ccc2c(c1)OCCO2. The van der Waals surface area contributed by atoms with Crippen molar-refractivity contribution in [3.8, 4) is 11.5 Å². The fourth-order valence-electron chi connectivity index (χ4n) is 2.15. The molecule has 1 aliphatic rings. The molecule has 2 unspecified atom stereocenters. The van der Waals surface area contributed by atoms with Crippen LogP contribution in [0.3, 0.4) is 0 Å². The standard InChI is InChI=1S/C15H23NO3S/c1-4-16-13(10-20(17)11(2)3)12-5-6-14-15(9-12)19-8-7-18-14/h5-6,9,11,13,16H,4,7-8,10H2,1-3H3. The van der Waals surface area contributed by atoms with Crippen LogP contribution in [0.1, 0.15) is 32.4 Å². The third-order valence-corrected chi connectivity index (χ3v) is 4.99. The molecule has 0 bridgehead atoms. The third-order valence-electron chi connectivity index (χ3n) is 3.28. The molecule has 0 amide bonds. The zero-order valence-electron chi connectivity index (χ0n) is 12.3. The van der Waals surface area contributed by atoms with Gasteiger partial charge in [0.15, 0.2) is 11.5 Å². The molecule has 1 heterocycles. The highest BCUT2D eigenvalue weighted by molar-refractivity contribution is 7.85. The lowest BCUT2D eigenvalue weighted by Gasteiger charge is -2.23. The first kappa shape index (κ1) is 15.3. The number of fused-ring (bicyclic) bond motifs is 1. The minimum absolute atomic E-state index is 0.0825. The molecule has 112 valence electrons. The highest BCUT2D eigenvalue weighted by Crippen LogP contribution is 2.32. The molecule has 2 atom stereocenters. The van der Waals surface area contributed by atoms with Gasteiger partial charge in [-0.1, -0.05) is 26.8 Å². The van der Waals surface area contributed by atoms with Crippen molar-refractivity contribution in [3.63, 3.8) is 0 Å². The van der Waals surface area contributed by atoms with Gasteiger partial charge in [0.05, 0.1) is 0 Å². The molecule has 0 fully saturated rings. The van der Waals surface area contributed by atoms with Crippen LogP contribution < -0.4 is 14.8 Å². The van der Waals surface area contributed by atoms with E-state index in [-0.39, 0.29) is 11.3 Å². The van der Waals surface area contributed by atoms with E-state index >= 15 is 0 Å². The van der Waals surface area contributed by atoms with Crippen LogP contribution in [-0.2, 0) is 10.8 Å². The van der Waals surface area contributed by atoms with Gasteiger partial charge >= 0.3 is 0 Å². The Morgan fingerprint density at radius 2 is 1.95 bits per heavy atom. The molecule has 5 heteroatoms. The summed E-state index contributed by atoms with van der Waals surface area (Å²) >= 11 is 0. The Hall–Kier alpha value is -1.07. The van der Waals surface area contributed by atoms with Gasteiger partial charge in [-0.15, -0.1) is 0 Å². The topological polar surface area (TPSA) is 47.6 Å². The Morgan fingerprint density at radius 3 is 2.60 bits per heavy atom. The largest absolute Gasteiger partial charge is 0.486 e. The van der Waals surface area contributed by atoms with E-state index in [4.69, 9.17) is 9.47 Å². The summed E-state index contributed by atoms with van der Waals surface area (Å²) in [6.45, 7) is 8.06. The fraction of sp³-hybridized carbons (Fsp3) is 0.600. The molecule has 1 aromatic rings. The van der Waals surface area contributed by atoms with Crippen LogP contribution in [0.4, 0.5) is 0 Å². The minimum atomic E-state index is -0.840. The smallest absolute Gasteiger partial charge is 0.161 e. The number of hydrogen-bond acceptors (Lipinski definition) is 4. The Kier molecular flexibility index (Phi) is 5.43. The van der Waals surface area contributed by atoms with Crippen molar-refractivity contribution < 1.29 is 13.7 Å². The molecule has 0 aromatic heterocycles. The zero-order chi connectivity index (χ0) is 14.5. The summed E-state index contributed by atoms with van der Waals surface area (Å²) in [5.74, 6) is 2.19. The van der Waals surface area contributed by atoms with Gasteiger partial charge in [0.1, 0.15) is 13.2 Å². The normalized spacial score (nSPS) is 17.0. The van der Waals surface area contributed by atoms with Crippen LogP contribution in [0.5, 0.6) is 11.5 Å². The second-order valence-electron chi connectivity index (χ2n) is 5.11. The molecule has 0 radical (unpaired) electrons. The first-order valence-corrected chi connectivity index (χ1v) is 8.50. The number of ether oxygens (including phenoxy) is 2. The zero-order valence-corrected chi connectivity index (χ0v) is 13.2. The van der Waals surface area contributed by atoms with E-state index in [1.165, 1.54) is 0 Å². The van der Waals surface area contributed by atoms with Gasteiger partial charge in [0.25, 0.3) is 0 Å². The maximum Gasteiger partial charge on any atom is 0.161 e. The Labute approximate surface area is 123 Å². The number of benzene rings is 1. The Morgan fingerprint density at radius 1 is 1.25 bits per heavy atom. The first-order valence-electron chi connectivity index (χ1n) is 7.12. The Balaban J connectivity index is 2.18. The number of rotatable bonds is 6. The molecule has 4 nitrogen and oxygen atoms in total. The second-order valence-corrected chi connectivity index (χ2v) is 7.15. The molecule has 0 saturated heterocycles. The highest BCUT2D eigenvalue weighted by atomic mass is 32.2. The maximum absolute atomic E-state index is 12.1. The van der Waals surface area contributed by atoms with Crippen molar-refractivity contribution in [2.24, 2.45) is 0 Å². The van der Waals surface area contributed by atoms with Gasteiger partial charge in [-0.05, 0) is 24.2 Å². The summed E-state index contributed by atoms with van der Waals surface area (Å²) in [5.41, 5.74) is 1.10. The molecule has 1 aliphatic heterocycles. The third kappa shape index (κ3) is 3.73. The van der Waals surface area contributed by atoms with E-state index in [2.05, 4.69) is 12.2 Å². The van der Waals surface area contributed by atoms with Crippen LogP contribution in [0.2, 0.25) is 0 Å². The summed E-state index contributed by atoms with van der Waals surface area (Å²) in [6.07, 6.45) is 0. The van der Waals surface area contributed by atoms with Crippen LogP contribution in [0.25, 0.3) is 0 Å². The van der Waals surface area contributed by atoms with E-state index in [0.717, 1.165) is 23.6 Å². The van der Waals surface area contributed by atoms with Crippen molar-refractivity contribution in [2.75, 3.05) is 25.5 Å². The summed E-state index contributed by atoms with van der Waals surface area (Å²) in [7, 11) is -0.840. The Bertz CT molecular complexity index is 476. The average molecular weight is 297 g/mol. The van der Waals surface area contributed by atoms with Crippen molar-refractivity contribution in [2.45, 2.75) is 32.1 Å². The fourth-order valence-corrected chi connectivity index (χ4v) is 3.18. The summed E-state index contributed by atoms with van der Waals surface area (Å²) in [4.78, 5) is 0. The lowest BCUT2D eigenvalue weighted by Crippen LogP contribution is -2.28. The molecule has 0 aliphatic carbocycles. The molecule has 0 spiro atoms. The summed E-state index contributed by atoms with van der Waals surface area (Å²) in [6, 6.07) is 6.04. The van der Waals surface area contributed by atoms with Crippen LogP contribution >= 0.6 is 0 Å². The maximum atomic E-state index is 12.1. The van der Waals surface area contributed by atoms with Gasteiger partial charge in [-0.2, -0.15) is 0 Å². The highest BCUT2D eigenvalue weighted by Gasteiger charge is 2.19. The van der Waals surface area contributed by atoms with Gasteiger partial charge in [-0.25, -0.2) is 0 Å². The van der Waals surface area contributed by atoms with Crippen molar-refractivity contribution in [1.82, 2.24) is 5.32 Å². The summed E-state index contributed by atoms with van der Waals surface area (Å²) in [5, 5.41) is 3.58. The minimum Gasteiger partial charge on any atom is -0.486 e. The number of nitrogens with one attached hydrogen (secondary N) is 1. The van der Waals surface area contributed by atoms with E-state index in [1.54, 1.807) is 0 Å². The predicted molar refractivity (Wildman–Crippen MR) is 82.0 cm³/mol. The molecule has 20 heavy (non-hydrogen) atoms. The average Bonchev–Trinajstić information content (AvgIpc) is 2.46. The molecule has 0 saturated carbocycles. The van der Waals surface area contributed by atoms with Crippen LogP contribution in [0, 0.1) is 0 Å². The van der Waals surface area contributed by atoms with Gasteiger partial charge < -0.3 is 14.8 Å². The lowest BCUT2D eigenvalue weighted by atomic mass is 10.1. The summed E-state index contributed by atoms with van der Waals surface area (Å²) < 4.78 is 23.3. The first-order chi connectivity index (χ1) is 9.61. The van der Waals surface area contributed by atoms with E-state index in [9.17, 15) is 4.21 Å². The van der Waals surface area contributed by atoms with Crippen LogP contribution in [0.15, 0.2) is 18.2 Å². The van der Waals surface area contributed by atoms with Crippen molar-refractivity contribution in [3.05, 3.63) is 23.8 Å². The van der Waals surface area contributed by atoms with E-state index in [0.29, 0.717) is 19.0 Å². The molecular weight excluding hydrogens is 274 g/mol. The van der Waals surface area contributed by atoms with Crippen LogP contribution in [-0.4, -0.2) is 35.0 Å². The van der Waals surface area contributed by atoms with E-state index in [1.807, 2.05) is 32.0 Å². The molecule has 2 rings (SSSR count). The quantitative estimate of drug-likeness (QED) is 0.875. The van der Waals surface area contributed by atoms with E-state index < -0.39 is 10.8 Å². The van der Waals surface area contributed by atoms with Crippen molar-refractivity contribution in [1.29, 1.82) is 0 Å². The van der Waals surface area contributed by atoms with Crippen molar-refractivity contribution >= 4 is 10.8 Å². The molecule has 1 N–H and O–H groups in total.